The van der Waals surface area contributed by atoms with E-state index in [1.165, 1.54) is 0 Å². The monoisotopic (exact) mass is 298 g/mol. The summed E-state index contributed by atoms with van der Waals surface area (Å²) >= 11 is 0. The lowest BCUT2D eigenvalue weighted by Gasteiger charge is -2.08. The Hall–Kier alpha value is -3.02. The van der Waals surface area contributed by atoms with Crippen molar-refractivity contribution in [2.75, 3.05) is 14.2 Å². The Labute approximate surface area is 129 Å². The molecular weight excluding hydrogens is 280 g/mol. The van der Waals surface area contributed by atoms with Gasteiger partial charge in [-0.3, -0.25) is 0 Å². The third kappa shape index (κ3) is 3.76. The van der Waals surface area contributed by atoms with Gasteiger partial charge in [-0.15, -0.1) is 10.2 Å². The summed E-state index contributed by atoms with van der Waals surface area (Å²) in [4.78, 5) is 0. The predicted octanol–water partition coefficient (Wildman–Crippen LogP) is 1.73. The smallest absolute Gasteiger partial charge is 0.211 e. The molecule has 0 saturated heterocycles. The quantitative estimate of drug-likeness (QED) is 0.499. The summed E-state index contributed by atoms with van der Waals surface area (Å²) < 4.78 is 10.3. The lowest BCUT2D eigenvalue weighted by atomic mass is 10.0. The van der Waals surface area contributed by atoms with Gasteiger partial charge in [0.25, 0.3) is 0 Å². The van der Waals surface area contributed by atoms with Crippen LogP contribution in [0, 0.1) is 0 Å². The Morgan fingerprint density at radius 1 is 0.727 bits per heavy atom. The van der Waals surface area contributed by atoms with Crippen LogP contribution in [0.15, 0.2) is 58.7 Å². The van der Waals surface area contributed by atoms with Gasteiger partial charge in [0.15, 0.2) is 0 Å². The van der Waals surface area contributed by atoms with E-state index in [9.17, 15) is 0 Å². The molecule has 0 amide bonds. The number of ether oxygens (including phenoxy) is 2. The van der Waals surface area contributed by atoms with Crippen LogP contribution in [0.1, 0.15) is 11.1 Å². The van der Waals surface area contributed by atoms with E-state index >= 15 is 0 Å². The molecule has 6 nitrogen and oxygen atoms in total. The van der Waals surface area contributed by atoms with Gasteiger partial charge in [0.2, 0.25) is 5.96 Å². The van der Waals surface area contributed by atoms with Gasteiger partial charge in [-0.1, -0.05) is 0 Å². The second kappa shape index (κ2) is 7.12. The lowest BCUT2D eigenvalue weighted by Crippen LogP contribution is -2.22. The number of hydrogen-bond acceptors (Lipinski definition) is 4. The highest BCUT2D eigenvalue weighted by molar-refractivity contribution is 6.13. The molecule has 0 unspecified atom stereocenters. The minimum Gasteiger partial charge on any atom is -0.497 e. The molecule has 0 aromatic heterocycles. The van der Waals surface area contributed by atoms with Crippen LogP contribution < -0.4 is 20.9 Å². The SMILES string of the molecule is COc1ccc(C(=NN=C(N)N)c2ccc(OC)cc2)cc1. The van der Waals surface area contributed by atoms with Crippen LogP contribution >= 0.6 is 0 Å². The normalized spacial score (nSPS) is 9.73. The molecule has 2 aromatic rings. The van der Waals surface area contributed by atoms with Crippen molar-refractivity contribution in [3.63, 3.8) is 0 Å². The fourth-order valence-electron chi connectivity index (χ4n) is 1.89. The molecule has 0 saturated carbocycles. The fourth-order valence-corrected chi connectivity index (χ4v) is 1.89. The van der Waals surface area contributed by atoms with Crippen molar-refractivity contribution in [2.24, 2.45) is 21.7 Å². The van der Waals surface area contributed by atoms with Crippen molar-refractivity contribution < 1.29 is 9.47 Å². The lowest BCUT2D eigenvalue weighted by molar-refractivity contribution is 0.414. The molecule has 4 N–H and O–H groups in total. The molecule has 2 rings (SSSR count). The van der Waals surface area contributed by atoms with Crippen molar-refractivity contribution in [3.05, 3.63) is 59.7 Å². The van der Waals surface area contributed by atoms with Crippen LogP contribution in [0.25, 0.3) is 0 Å². The van der Waals surface area contributed by atoms with Crippen LogP contribution in [0.3, 0.4) is 0 Å². The van der Waals surface area contributed by atoms with Crippen LogP contribution in [0.5, 0.6) is 11.5 Å². The standard InChI is InChI=1S/C16H18N4O2/c1-21-13-7-3-11(4-8-13)15(19-20-16(17)18)12-5-9-14(22-2)10-6-12/h3-10H,1-2H3,(H4,17,18,20). The first-order chi connectivity index (χ1) is 10.6. The molecular formula is C16H18N4O2. The van der Waals surface area contributed by atoms with Crippen molar-refractivity contribution >= 4 is 11.7 Å². The zero-order chi connectivity index (χ0) is 15.9. The summed E-state index contributed by atoms with van der Waals surface area (Å²) in [6.07, 6.45) is 0. The molecule has 0 spiro atoms. The number of nitrogens with two attached hydrogens (primary N) is 2. The number of nitrogens with zero attached hydrogens (tertiary/aromatic N) is 2. The highest BCUT2D eigenvalue weighted by atomic mass is 16.5. The Kier molecular flexibility index (Phi) is 4.98. The molecule has 6 heteroatoms. The molecule has 0 aliphatic heterocycles. The first-order valence-corrected chi connectivity index (χ1v) is 6.59. The fraction of sp³-hybridized carbons (Fsp3) is 0.125. The number of benzene rings is 2. The molecule has 0 bridgehead atoms. The van der Waals surface area contributed by atoms with E-state index in [2.05, 4.69) is 10.2 Å². The second-order valence-corrected chi connectivity index (χ2v) is 4.43. The molecule has 22 heavy (non-hydrogen) atoms. The average Bonchev–Trinajstić information content (AvgIpc) is 2.56. The zero-order valence-electron chi connectivity index (χ0n) is 12.5. The van der Waals surface area contributed by atoms with E-state index < -0.39 is 0 Å². The van der Waals surface area contributed by atoms with Gasteiger partial charge >= 0.3 is 0 Å². The van der Waals surface area contributed by atoms with Gasteiger partial charge in [-0.05, 0) is 48.5 Å². The topological polar surface area (TPSA) is 95.2 Å². The number of hydrogen-bond donors (Lipinski definition) is 2. The molecule has 0 fully saturated rings. The highest BCUT2D eigenvalue weighted by Gasteiger charge is 2.08. The number of rotatable bonds is 5. The van der Waals surface area contributed by atoms with E-state index in [4.69, 9.17) is 20.9 Å². The van der Waals surface area contributed by atoms with E-state index in [1.807, 2.05) is 48.5 Å². The highest BCUT2D eigenvalue weighted by Crippen LogP contribution is 2.18. The minimum absolute atomic E-state index is 0.0977. The van der Waals surface area contributed by atoms with E-state index in [0.29, 0.717) is 5.71 Å². The van der Waals surface area contributed by atoms with Crippen molar-refractivity contribution in [1.29, 1.82) is 0 Å². The van der Waals surface area contributed by atoms with Gasteiger partial charge < -0.3 is 20.9 Å². The van der Waals surface area contributed by atoms with Crippen molar-refractivity contribution in [3.8, 4) is 11.5 Å². The molecule has 0 atom stereocenters. The molecule has 0 aliphatic carbocycles. The summed E-state index contributed by atoms with van der Waals surface area (Å²) in [5.41, 5.74) is 13.1. The van der Waals surface area contributed by atoms with Crippen LogP contribution in [0.4, 0.5) is 0 Å². The first-order valence-electron chi connectivity index (χ1n) is 6.59. The molecule has 0 radical (unpaired) electrons. The third-order valence-corrected chi connectivity index (χ3v) is 2.99. The van der Waals surface area contributed by atoms with Crippen LogP contribution in [-0.4, -0.2) is 25.9 Å². The van der Waals surface area contributed by atoms with Crippen LogP contribution in [0.2, 0.25) is 0 Å². The molecule has 0 heterocycles. The minimum atomic E-state index is -0.0977. The number of guanidine groups is 1. The molecule has 2 aromatic carbocycles. The Bertz CT molecular complexity index is 623. The maximum Gasteiger partial charge on any atom is 0.211 e. The van der Waals surface area contributed by atoms with Crippen molar-refractivity contribution in [1.82, 2.24) is 0 Å². The second-order valence-electron chi connectivity index (χ2n) is 4.43. The molecule has 114 valence electrons. The summed E-state index contributed by atoms with van der Waals surface area (Å²) in [5, 5.41) is 7.91. The van der Waals surface area contributed by atoms with E-state index in [0.717, 1.165) is 22.6 Å². The van der Waals surface area contributed by atoms with Gasteiger partial charge in [0.05, 0.1) is 14.2 Å². The average molecular weight is 298 g/mol. The van der Waals surface area contributed by atoms with Crippen LogP contribution in [-0.2, 0) is 0 Å². The summed E-state index contributed by atoms with van der Waals surface area (Å²) in [6.45, 7) is 0. The Balaban J connectivity index is 2.45. The Morgan fingerprint density at radius 2 is 1.14 bits per heavy atom. The summed E-state index contributed by atoms with van der Waals surface area (Å²) in [6, 6.07) is 15.0. The maximum absolute atomic E-state index is 5.37. The van der Waals surface area contributed by atoms with Gasteiger partial charge in [0.1, 0.15) is 17.2 Å². The van der Waals surface area contributed by atoms with Crippen molar-refractivity contribution in [2.45, 2.75) is 0 Å². The number of methoxy groups -OCH3 is 2. The van der Waals surface area contributed by atoms with Gasteiger partial charge in [-0.25, -0.2) is 0 Å². The largest absolute Gasteiger partial charge is 0.497 e. The third-order valence-electron chi connectivity index (χ3n) is 2.99. The summed E-state index contributed by atoms with van der Waals surface area (Å²) in [5.74, 6) is 1.43. The Morgan fingerprint density at radius 3 is 1.45 bits per heavy atom. The van der Waals surface area contributed by atoms with Gasteiger partial charge in [0, 0.05) is 11.1 Å². The van der Waals surface area contributed by atoms with E-state index in [-0.39, 0.29) is 5.96 Å². The first kappa shape index (κ1) is 15.4. The summed E-state index contributed by atoms with van der Waals surface area (Å²) in [7, 11) is 3.24. The maximum atomic E-state index is 5.37. The predicted molar refractivity (Wildman–Crippen MR) is 87.4 cm³/mol. The molecule has 0 aliphatic rings. The van der Waals surface area contributed by atoms with E-state index in [1.54, 1.807) is 14.2 Å². The van der Waals surface area contributed by atoms with Gasteiger partial charge in [-0.2, -0.15) is 0 Å². The zero-order valence-corrected chi connectivity index (χ0v) is 12.5.